The molecule has 162 valence electrons. The topological polar surface area (TPSA) is 96.0 Å². The molecule has 30 heavy (non-hydrogen) atoms. The van der Waals surface area contributed by atoms with Crippen molar-refractivity contribution in [2.75, 3.05) is 0 Å². The summed E-state index contributed by atoms with van der Waals surface area (Å²) >= 11 is 0. The van der Waals surface area contributed by atoms with E-state index >= 15 is 0 Å². The van der Waals surface area contributed by atoms with E-state index < -0.39 is 12.0 Å². The molecular formula is C24H33N3O3. The summed E-state index contributed by atoms with van der Waals surface area (Å²) in [6.45, 7) is 4.20. The van der Waals surface area contributed by atoms with Crippen molar-refractivity contribution in [1.82, 2.24) is 9.55 Å². The lowest BCUT2D eigenvalue weighted by molar-refractivity contribution is -0.117. The van der Waals surface area contributed by atoms with Gasteiger partial charge < -0.3 is 10.5 Å². The number of fused-ring (bicyclic) bond motifs is 3. The van der Waals surface area contributed by atoms with Crippen molar-refractivity contribution in [2.45, 2.75) is 64.9 Å². The van der Waals surface area contributed by atoms with Gasteiger partial charge in [0.05, 0.1) is 12.0 Å². The van der Waals surface area contributed by atoms with E-state index in [1.807, 2.05) is 6.92 Å². The van der Waals surface area contributed by atoms with Gasteiger partial charge >= 0.3 is 0 Å². The average molecular weight is 412 g/mol. The number of ketones is 1. The normalized spacial score (nSPS) is 41.3. The molecule has 7 atom stereocenters. The Morgan fingerprint density at radius 1 is 1.27 bits per heavy atom. The molecule has 0 amide bonds. The third kappa shape index (κ3) is 3.59. The Morgan fingerprint density at radius 2 is 2.07 bits per heavy atom. The van der Waals surface area contributed by atoms with E-state index in [0.717, 1.165) is 37.7 Å². The maximum absolute atomic E-state index is 13.2. The first-order valence-corrected chi connectivity index (χ1v) is 11.3. The summed E-state index contributed by atoms with van der Waals surface area (Å²) < 4.78 is 1.59. The second-order valence-electron chi connectivity index (χ2n) is 9.93. The van der Waals surface area contributed by atoms with Crippen LogP contribution in [0.3, 0.4) is 0 Å². The largest absolute Gasteiger partial charge is 0.393 e. The summed E-state index contributed by atoms with van der Waals surface area (Å²) in [5.74, 6) is 0.475. The second kappa shape index (κ2) is 8.22. The fourth-order valence-corrected chi connectivity index (χ4v) is 6.74. The van der Waals surface area contributed by atoms with Crippen molar-refractivity contribution in [2.24, 2.45) is 35.0 Å². The van der Waals surface area contributed by atoms with Gasteiger partial charge in [-0.25, -0.2) is 4.98 Å². The van der Waals surface area contributed by atoms with E-state index in [9.17, 15) is 14.7 Å². The summed E-state index contributed by atoms with van der Waals surface area (Å²) in [5.41, 5.74) is 0.832. The molecule has 3 aliphatic carbocycles. The number of aromatic nitrogens is 2. The minimum atomic E-state index is -0.474. The highest BCUT2D eigenvalue weighted by atomic mass is 16.3. The van der Waals surface area contributed by atoms with Gasteiger partial charge in [-0.15, -0.1) is 0 Å². The van der Waals surface area contributed by atoms with Crippen molar-refractivity contribution < 1.29 is 14.7 Å². The van der Waals surface area contributed by atoms with Gasteiger partial charge in [0.15, 0.2) is 5.78 Å². The second-order valence-corrected chi connectivity index (χ2v) is 9.93. The molecule has 0 aromatic carbocycles. The van der Waals surface area contributed by atoms with Crippen LogP contribution in [0.2, 0.25) is 0 Å². The van der Waals surface area contributed by atoms with Crippen LogP contribution >= 0.6 is 0 Å². The molecule has 7 unspecified atom stereocenters. The van der Waals surface area contributed by atoms with Crippen molar-refractivity contribution in [1.29, 1.82) is 5.41 Å². The number of aliphatic hydroxyl groups excluding tert-OH is 1. The number of rotatable bonds is 2. The Morgan fingerprint density at radius 3 is 2.77 bits per heavy atom. The summed E-state index contributed by atoms with van der Waals surface area (Å²) in [6.07, 6.45) is 13.1. The van der Waals surface area contributed by atoms with E-state index in [0.29, 0.717) is 24.7 Å². The van der Waals surface area contributed by atoms with Crippen molar-refractivity contribution in [3.05, 3.63) is 30.4 Å². The van der Waals surface area contributed by atoms with Crippen molar-refractivity contribution >= 4 is 17.9 Å². The first kappa shape index (κ1) is 21.2. The molecule has 2 N–H and O–H groups in total. The smallest absolute Gasteiger partial charge is 0.235 e. The van der Waals surface area contributed by atoms with E-state index in [1.54, 1.807) is 29.4 Å². The van der Waals surface area contributed by atoms with Gasteiger partial charge in [0.2, 0.25) is 5.91 Å². The fraction of sp³-hybridized carbons (Fsp3) is 0.667. The molecule has 0 saturated heterocycles. The van der Waals surface area contributed by atoms with Gasteiger partial charge in [-0.2, -0.15) is 0 Å². The first-order chi connectivity index (χ1) is 14.3. The zero-order valence-corrected chi connectivity index (χ0v) is 18.0. The average Bonchev–Trinajstić information content (AvgIpc) is 3.34. The highest BCUT2D eigenvalue weighted by Crippen LogP contribution is 2.61. The maximum Gasteiger partial charge on any atom is 0.235 e. The van der Waals surface area contributed by atoms with Crippen LogP contribution in [0, 0.1) is 40.4 Å². The number of carbonyl (C=O) groups is 2. The molecule has 1 aromatic rings. The van der Waals surface area contributed by atoms with E-state index in [1.165, 1.54) is 6.21 Å². The molecule has 2 saturated carbocycles. The lowest BCUT2D eigenvalue weighted by atomic mass is 9.55. The Bertz CT molecular complexity index is 846. The molecule has 2 fully saturated rings. The third-order valence-electron chi connectivity index (χ3n) is 8.31. The number of allylic oxidation sites excluding steroid dienone is 2. The minimum Gasteiger partial charge on any atom is -0.393 e. The molecule has 3 aliphatic rings. The zero-order chi connectivity index (χ0) is 21.5. The van der Waals surface area contributed by atoms with Gasteiger partial charge in [-0.3, -0.25) is 14.2 Å². The van der Waals surface area contributed by atoms with Crippen LogP contribution in [0.4, 0.5) is 0 Å². The predicted octanol–water partition coefficient (Wildman–Crippen LogP) is 3.91. The fourth-order valence-electron chi connectivity index (χ4n) is 6.74. The van der Waals surface area contributed by atoms with E-state index in [-0.39, 0.29) is 28.9 Å². The monoisotopic (exact) mass is 411 g/mol. The summed E-state index contributed by atoms with van der Waals surface area (Å²) in [7, 11) is 0. The predicted molar refractivity (Wildman–Crippen MR) is 114 cm³/mol. The standard InChI is InChI=1S/C24H33N3O3/c1-15-3-5-17-18(6-4-16(13-25)21(28)11-15)22(29)12-24(2)19(17)7-8-20(24)23(30)27-10-9-26-14-27/h9-11,13-14,16-20,22,25,29H,3-8,12H2,1-2H3/b15-11+,25-13?. The quantitative estimate of drug-likeness (QED) is 0.721. The lowest BCUT2D eigenvalue weighted by Crippen LogP contribution is -2.50. The molecule has 0 spiro atoms. The lowest BCUT2D eigenvalue weighted by Gasteiger charge is -2.51. The van der Waals surface area contributed by atoms with Gasteiger partial charge in [-0.1, -0.05) is 12.5 Å². The number of imidazole rings is 1. The molecule has 1 aromatic heterocycles. The number of nitrogens with zero attached hydrogens (tertiary/aromatic N) is 2. The minimum absolute atomic E-state index is 0.0166. The molecular weight excluding hydrogens is 378 g/mol. The number of carbonyl (C=O) groups excluding carboxylic acids is 2. The maximum atomic E-state index is 13.2. The van der Waals surface area contributed by atoms with Gasteiger partial charge in [0, 0.05) is 24.5 Å². The van der Waals surface area contributed by atoms with Crippen LogP contribution in [0.5, 0.6) is 0 Å². The van der Waals surface area contributed by atoms with Crippen LogP contribution in [0.15, 0.2) is 30.4 Å². The number of nitrogens with one attached hydrogen (secondary N) is 1. The molecule has 0 radical (unpaired) electrons. The molecule has 4 rings (SSSR count). The Hall–Kier alpha value is -2.08. The van der Waals surface area contributed by atoms with Gasteiger partial charge in [-0.05, 0) is 81.1 Å². The number of aliphatic hydroxyl groups is 1. The van der Waals surface area contributed by atoms with E-state index in [2.05, 4.69) is 11.9 Å². The van der Waals surface area contributed by atoms with Crippen molar-refractivity contribution in [3.63, 3.8) is 0 Å². The first-order valence-electron chi connectivity index (χ1n) is 11.3. The molecule has 0 aliphatic heterocycles. The zero-order valence-electron chi connectivity index (χ0n) is 18.0. The highest BCUT2D eigenvalue weighted by molar-refractivity contribution is 6.01. The molecule has 6 nitrogen and oxygen atoms in total. The molecule has 1 heterocycles. The molecule has 0 bridgehead atoms. The number of hydrogen-bond donors (Lipinski definition) is 2. The van der Waals surface area contributed by atoms with Crippen LogP contribution in [-0.2, 0) is 4.79 Å². The third-order valence-corrected chi connectivity index (χ3v) is 8.31. The van der Waals surface area contributed by atoms with Crippen LogP contribution in [0.1, 0.15) is 63.6 Å². The summed E-state index contributed by atoms with van der Waals surface area (Å²) in [6, 6.07) is 0. The SMILES string of the molecule is C/C1=C\C(=O)C(C=N)CCC2C(O)CC3(C)C(C(=O)n4ccnc4)CCC3C2CC1. The molecule has 6 heteroatoms. The Balaban J connectivity index is 1.63. The Labute approximate surface area is 178 Å². The number of hydrogen-bond acceptors (Lipinski definition) is 5. The summed E-state index contributed by atoms with van der Waals surface area (Å²) in [5, 5.41) is 18.9. The Kier molecular flexibility index (Phi) is 5.80. The van der Waals surface area contributed by atoms with E-state index in [4.69, 9.17) is 5.41 Å². The highest BCUT2D eigenvalue weighted by Gasteiger charge is 2.58. The van der Waals surface area contributed by atoms with Crippen molar-refractivity contribution in [3.8, 4) is 0 Å². The van der Waals surface area contributed by atoms with Gasteiger partial charge in [0.25, 0.3) is 0 Å². The van der Waals surface area contributed by atoms with Crippen LogP contribution in [0.25, 0.3) is 0 Å². The van der Waals surface area contributed by atoms with Gasteiger partial charge in [0.1, 0.15) is 6.33 Å². The summed E-state index contributed by atoms with van der Waals surface area (Å²) in [4.78, 5) is 29.7. The van der Waals surface area contributed by atoms with Crippen LogP contribution < -0.4 is 0 Å². The van der Waals surface area contributed by atoms with Crippen LogP contribution in [-0.4, -0.2) is 38.7 Å².